The first kappa shape index (κ1) is 19.5. The number of carbonyl (C=O) groups excluding carboxylic acids is 2. The molecular weight excluding hydrogens is 328 g/mol. The van der Waals surface area contributed by atoms with Crippen molar-refractivity contribution in [1.82, 2.24) is 4.90 Å². The Bertz CT molecular complexity index is 737. The number of hydrogen-bond acceptors (Lipinski definition) is 3. The molecule has 0 atom stereocenters. The SMILES string of the molecule is CCCOc1ccccc1C(=O)Nc1ccc(C(=O)N(CC)CC)cc1. The van der Waals surface area contributed by atoms with Crippen molar-refractivity contribution in [2.45, 2.75) is 27.2 Å². The van der Waals surface area contributed by atoms with Gasteiger partial charge < -0.3 is 15.0 Å². The second-order valence-electron chi connectivity index (χ2n) is 5.85. The van der Waals surface area contributed by atoms with Crippen molar-refractivity contribution in [2.24, 2.45) is 0 Å². The molecule has 2 amide bonds. The third-order valence-electron chi connectivity index (χ3n) is 4.03. The molecular formula is C21H26N2O3. The Hall–Kier alpha value is -2.82. The summed E-state index contributed by atoms with van der Waals surface area (Å²) >= 11 is 0. The number of nitrogens with one attached hydrogen (secondary N) is 1. The number of rotatable bonds is 8. The lowest BCUT2D eigenvalue weighted by molar-refractivity contribution is 0.0773. The number of carbonyl (C=O) groups is 2. The summed E-state index contributed by atoms with van der Waals surface area (Å²) in [7, 11) is 0. The molecule has 0 spiro atoms. The predicted molar refractivity (Wildman–Crippen MR) is 104 cm³/mol. The number of nitrogens with zero attached hydrogens (tertiary/aromatic N) is 1. The molecule has 5 heteroatoms. The number of ether oxygens (including phenoxy) is 1. The van der Waals surface area contributed by atoms with E-state index in [0.717, 1.165) is 6.42 Å². The van der Waals surface area contributed by atoms with Crippen LogP contribution in [0.5, 0.6) is 5.75 Å². The maximum atomic E-state index is 12.6. The molecule has 0 saturated heterocycles. The fourth-order valence-electron chi connectivity index (χ4n) is 2.58. The highest BCUT2D eigenvalue weighted by Gasteiger charge is 2.14. The standard InChI is InChI=1S/C21H26N2O3/c1-4-15-26-19-10-8-7-9-18(19)20(24)22-17-13-11-16(12-14-17)21(25)23(5-2)6-3/h7-14H,4-6,15H2,1-3H3,(H,22,24). The van der Waals surface area contributed by atoms with Gasteiger partial charge in [0.1, 0.15) is 5.75 Å². The van der Waals surface area contributed by atoms with Gasteiger partial charge in [-0.05, 0) is 56.7 Å². The van der Waals surface area contributed by atoms with E-state index in [1.165, 1.54) is 0 Å². The average molecular weight is 354 g/mol. The normalized spacial score (nSPS) is 10.3. The highest BCUT2D eigenvalue weighted by molar-refractivity contribution is 6.06. The molecule has 138 valence electrons. The molecule has 1 N–H and O–H groups in total. The summed E-state index contributed by atoms with van der Waals surface area (Å²) in [6.07, 6.45) is 0.873. The third-order valence-corrected chi connectivity index (χ3v) is 4.03. The van der Waals surface area contributed by atoms with E-state index in [1.54, 1.807) is 47.4 Å². The summed E-state index contributed by atoms with van der Waals surface area (Å²) in [5.41, 5.74) is 1.74. The van der Waals surface area contributed by atoms with Crippen LogP contribution in [0.25, 0.3) is 0 Å². The molecule has 0 aliphatic carbocycles. The van der Waals surface area contributed by atoms with Crippen LogP contribution < -0.4 is 10.1 Å². The summed E-state index contributed by atoms with van der Waals surface area (Å²) in [5, 5.41) is 2.85. The molecule has 0 fully saturated rings. The van der Waals surface area contributed by atoms with Crippen LogP contribution in [-0.4, -0.2) is 36.4 Å². The zero-order valence-electron chi connectivity index (χ0n) is 15.6. The lowest BCUT2D eigenvalue weighted by Crippen LogP contribution is -2.30. The van der Waals surface area contributed by atoms with Gasteiger partial charge in [0.15, 0.2) is 0 Å². The maximum Gasteiger partial charge on any atom is 0.259 e. The number of amides is 2. The molecule has 2 aromatic carbocycles. The Morgan fingerprint density at radius 2 is 1.62 bits per heavy atom. The fraction of sp³-hybridized carbons (Fsp3) is 0.333. The van der Waals surface area contributed by atoms with E-state index in [9.17, 15) is 9.59 Å². The van der Waals surface area contributed by atoms with Gasteiger partial charge in [-0.15, -0.1) is 0 Å². The number of benzene rings is 2. The zero-order chi connectivity index (χ0) is 18.9. The molecule has 2 rings (SSSR count). The van der Waals surface area contributed by atoms with Crippen LogP contribution in [0, 0.1) is 0 Å². The van der Waals surface area contributed by atoms with Gasteiger partial charge in [0, 0.05) is 24.3 Å². The van der Waals surface area contributed by atoms with Crippen LogP contribution in [0.15, 0.2) is 48.5 Å². The van der Waals surface area contributed by atoms with E-state index in [-0.39, 0.29) is 11.8 Å². The predicted octanol–water partition coefficient (Wildman–Crippen LogP) is 4.21. The first-order chi connectivity index (χ1) is 12.6. The Labute approximate surface area is 155 Å². The van der Waals surface area contributed by atoms with E-state index in [4.69, 9.17) is 4.74 Å². The molecule has 0 saturated carbocycles. The maximum absolute atomic E-state index is 12.6. The Kier molecular flexibility index (Phi) is 7.21. The topological polar surface area (TPSA) is 58.6 Å². The van der Waals surface area contributed by atoms with Crippen LogP contribution in [0.3, 0.4) is 0 Å². The van der Waals surface area contributed by atoms with Crippen molar-refractivity contribution >= 4 is 17.5 Å². The molecule has 0 unspecified atom stereocenters. The monoisotopic (exact) mass is 354 g/mol. The molecule has 0 heterocycles. The summed E-state index contributed by atoms with van der Waals surface area (Å²) < 4.78 is 5.64. The Balaban J connectivity index is 2.10. The highest BCUT2D eigenvalue weighted by atomic mass is 16.5. The minimum absolute atomic E-state index is 0.00816. The number of anilines is 1. The minimum Gasteiger partial charge on any atom is -0.493 e. The highest BCUT2D eigenvalue weighted by Crippen LogP contribution is 2.20. The second kappa shape index (κ2) is 9.61. The minimum atomic E-state index is -0.237. The first-order valence-corrected chi connectivity index (χ1v) is 9.03. The van der Waals surface area contributed by atoms with Gasteiger partial charge in [0.25, 0.3) is 11.8 Å². The Morgan fingerprint density at radius 3 is 2.23 bits per heavy atom. The molecule has 26 heavy (non-hydrogen) atoms. The van der Waals surface area contributed by atoms with Crippen LogP contribution >= 0.6 is 0 Å². The van der Waals surface area contributed by atoms with Gasteiger partial charge in [0.05, 0.1) is 12.2 Å². The summed E-state index contributed by atoms with van der Waals surface area (Å²) in [6, 6.07) is 14.1. The van der Waals surface area contributed by atoms with Gasteiger partial charge in [-0.2, -0.15) is 0 Å². The van der Waals surface area contributed by atoms with Crippen LogP contribution in [0.2, 0.25) is 0 Å². The van der Waals surface area contributed by atoms with Crippen LogP contribution in [-0.2, 0) is 0 Å². The molecule has 0 aliphatic heterocycles. The van der Waals surface area contributed by atoms with Crippen molar-refractivity contribution in [1.29, 1.82) is 0 Å². The van der Waals surface area contributed by atoms with Gasteiger partial charge in [-0.3, -0.25) is 9.59 Å². The average Bonchev–Trinajstić information content (AvgIpc) is 2.68. The first-order valence-electron chi connectivity index (χ1n) is 9.03. The molecule has 0 radical (unpaired) electrons. The summed E-state index contributed by atoms with van der Waals surface area (Å²) in [4.78, 5) is 26.6. The molecule has 0 aromatic heterocycles. The van der Waals surface area contributed by atoms with Crippen molar-refractivity contribution in [3.05, 3.63) is 59.7 Å². The van der Waals surface area contributed by atoms with E-state index in [0.29, 0.717) is 42.3 Å². The largest absolute Gasteiger partial charge is 0.493 e. The Morgan fingerprint density at radius 1 is 0.962 bits per heavy atom. The number of para-hydroxylation sites is 1. The summed E-state index contributed by atoms with van der Waals surface area (Å²) in [5.74, 6) is 0.325. The molecule has 2 aromatic rings. The smallest absolute Gasteiger partial charge is 0.259 e. The molecule has 0 aliphatic rings. The van der Waals surface area contributed by atoms with Crippen molar-refractivity contribution < 1.29 is 14.3 Å². The van der Waals surface area contributed by atoms with E-state index in [1.807, 2.05) is 26.8 Å². The fourth-order valence-corrected chi connectivity index (χ4v) is 2.58. The van der Waals surface area contributed by atoms with Crippen molar-refractivity contribution in [3.8, 4) is 5.75 Å². The van der Waals surface area contributed by atoms with E-state index in [2.05, 4.69) is 5.32 Å². The van der Waals surface area contributed by atoms with Crippen molar-refractivity contribution in [3.63, 3.8) is 0 Å². The molecule has 5 nitrogen and oxygen atoms in total. The van der Waals surface area contributed by atoms with E-state index >= 15 is 0 Å². The lowest BCUT2D eigenvalue weighted by Gasteiger charge is -2.18. The van der Waals surface area contributed by atoms with Crippen molar-refractivity contribution in [2.75, 3.05) is 25.0 Å². The van der Waals surface area contributed by atoms with Gasteiger partial charge in [0.2, 0.25) is 0 Å². The van der Waals surface area contributed by atoms with Crippen LogP contribution in [0.4, 0.5) is 5.69 Å². The second-order valence-corrected chi connectivity index (χ2v) is 5.85. The number of hydrogen-bond donors (Lipinski definition) is 1. The van der Waals surface area contributed by atoms with Gasteiger partial charge in [-0.25, -0.2) is 0 Å². The van der Waals surface area contributed by atoms with Crippen LogP contribution in [0.1, 0.15) is 47.9 Å². The summed E-state index contributed by atoms with van der Waals surface area (Å²) in [6.45, 7) is 7.82. The zero-order valence-corrected chi connectivity index (χ0v) is 15.6. The lowest BCUT2D eigenvalue weighted by atomic mass is 10.1. The van der Waals surface area contributed by atoms with Gasteiger partial charge in [-0.1, -0.05) is 19.1 Å². The van der Waals surface area contributed by atoms with E-state index < -0.39 is 0 Å². The molecule has 0 bridgehead atoms. The third kappa shape index (κ3) is 4.85. The quantitative estimate of drug-likeness (QED) is 0.772. The van der Waals surface area contributed by atoms with Gasteiger partial charge >= 0.3 is 0 Å².